The Morgan fingerprint density at radius 3 is 2.95 bits per heavy atom. The molecule has 124 valence electrons. The van der Waals surface area contributed by atoms with Gasteiger partial charge >= 0.3 is 6.55 Å². The van der Waals surface area contributed by atoms with Crippen molar-refractivity contribution in [2.45, 2.75) is 38.6 Å². The van der Waals surface area contributed by atoms with Crippen LogP contribution in [0.3, 0.4) is 0 Å². The molecule has 0 unspecified atom stereocenters. The van der Waals surface area contributed by atoms with Gasteiger partial charge in [0.25, 0.3) is 0 Å². The first-order valence-corrected chi connectivity index (χ1v) is 8.38. The summed E-state index contributed by atoms with van der Waals surface area (Å²) in [6.07, 6.45) is 2.66. The first kappa shape index (κ1) is 17.1. The molecule has 0 atom stereocenters. The molecule has 0 bridgehead atoms. The van der Waals surface area contributed by atoms with Crippen molar-refractivity contribution in [3.05, 3.63) is 18.2 Å². The average molecular weight is 331 g/mol. The Bertz CT molecular complexity index is 515. The Balaban J connectivity index is 2.11. The van der Waals surface area contributed by atoms with Crippen LogP contribution in [0.5, 0.6) is 0 Å². The van der Waals surface area contributed by atoms with Gasteiger partial charge in [-0.15, -0.1) is 0 Å². The molecule has 2 heterocycles. The SMILES string of the molecule is CCNC(=NCc1nccn1C(F)F)N1CCSC(C)(C)C1. The van der Waals surface area contributed by atoms with Gasteiger partial charge in [-0.3, -0.25) is 4.57 Å². The maximum Gasteiger partial charge on any atom is 0.319 e. The number of aliphatic imine (C=N–C) groups is 1. The molecule has 0 radical (unpaired) electrons. The molecule has 1 aromatic rings. The summed E-state index contributed by atoms with van der Waals surface area (Å²) in [7, 11) is 0. The standard InChI is InChI=1S/C14H23F2N5S/c1-4-17-13(20-7-8-22-14(2,3)10-20)19-9-11-18-5-6-21(11)12(15)16/h5-6,12H,4,7-10H2,1-3H3,(H,17,19). The Kier molecular flexibility index (Phi) is 5.66. The van der Waals surface area contributed by atoms with Crippen LogP contribution in [0.1, 0.15) is 33.1 Å². The van der Waals surface area contributed by atoms with E-state index in [9.17, 15) is 8.78 Å². The maximum atomic E-state index is 12.8. The van der Waals surface area contributed by atoms with Crippen molar-refractivity contribution in [1.82, 2.24) is 19.8 Å². The number of aromatic nitrogens is 2. The zero-order valence-corrected chi connectivity index (χ0v) is 14.0. The van der Waals surface area contributed by atoms with Gasteiger partial charge in [-0.2, -0.15) is 20.5 Å². The lowest BCUT2D eigenvalue weighted by Crippen LogP contribution is -2.51. The van der Waals surface area contributed by atoms with Crippen molar-refractivity contribution in [2.75, 3.05) is 25.4 Å². The van der Waals surface area contributed by atoms with E-state index < -0.39 is 6.55 Å². The van der Waals surface area contributed by atoms with Gasteiger partial charge in [-0.25, -0.2) is 9.98 Å². The third-order valence-electron chi connectivity index (χ3n) is 3.39. The van der Waals surface area contributed by atoms with Gasteiger partial charge in [-0.05, 0) is 20.8 Å². The average Bonchev–Trinajstić information content (AvgIpc) is 2.91. The second-order valence-corrected chi connectivity index (χ2v) is 7.53. The van der Waals surface area contributed by atoms with E-state index in [0.717, 1.165) is 35.9 Å². The Labute approximate surface area is 134 Å². The van der Waals surface area contributed by atoms with Crippen LogP contribution in [-0.4, -0.2) is 50.5 Å². The van der Waals surface area contributed by atoms with E-state index in [2.05, 4.69) is 34.0 Å². The molecule has 1 N–H and O–H groups in total. The predicted molar refractivity (Wildman–Crippen MR) is 86.4 cm³/mol. The lowest BCUT2D eigenvalue weighted by atomic mass is 10.2. The minimum absolute atomic E-state index is 0.143. The number of alkyl halides is 2. The second kappa shape index (κ2) is 7.30. The maximum absolute atomic E-state index is 12.8. The zero-order chi connectivity index (χ0) is 16.2. The number of imidazole rings is 1. The van der Waals surface area contributed by atoms with Gasteiger partial charge in [0.1, 0.15) is 12.4 Å². The molecule has 0 aromatic carbocycles. The van der Waals surface area contributed by atoms with Gasteiger partial charge in [0.2, 0.25) is 0 Å². The first-order chi connectivity index (χ1) is 10.4. The fourth-order valence-corrected chi connectivity index (χ4v) is 3.52. The minimum atomic E-state index is -2.58. The lowest BCUT2D eigenvalue weighted by molar-refractivity contribution is 0.0671. The summed E-state index contributed by atoms with van der Waals surface area (Å²) >= 11 is 1.94. The van der Waals surface area contributed by atoms with E-state index in [-0.39, 0.29) is 17.1 Å². The van der Waals surface area contributed by atoms with E-state index in [1.165, 1.54) is 12.4 Å². The Morgan fingerprint density at radius 1 is 1.55 bits per heavy atom. The monoisotopic (exact) mass is 331 g/mol. The highest BCUT2D eigenvalue weighted by Gasteiger charge is 2.28. The van der Waals surface area contributed by atoms with Gasteiger partial charge in [0, 0.05) is 42.5 Å². The smallest absolute Gasteiger partial charge is 0.319 e. The molecule has 1 aliphatic rings. The topological polar surface area (TPSA) is 45.5 Å². The van der Waals surface area contributed by atoms with E-state index in [4.69, 9.17) is 0 Å². The quantitative estimate of drug-likeness (QED) is 0.680. The van der Waals surface area contributed by atoms with Crippen LogP contribution in [0.15, 0.2) is 17.4 Å². The summed E-state index contributed by atoms with van der Waals surface area (Å²) in [5, 5.41) is 3.24. The summed E-state index contributed by atoms with van der Waals surface area (Å²) in [6, 6.07) is 0. The predicted octanol–water partition coefficient (Wildman–Crippen LogP) is 2.57. The highest BCUT2D eigenvalue weighted by Crippen LogP contribution is 2.29. The largest absolute Gasteiger partial charge is 0.357 e. The van der Waals surface area contributed by atoms with Crippen LogP contribution in [0.2, 0.25) is 0 Å². The molecule has 1 aromatic heterocycles. The molecule has 0 amide bonds. The summed E-state index contributed by atoms with van der Waals surface area (Å²) in [5.74, 6) is 2.07. The fourth-order valence-electron chi connectivity index (χ4n) is 2.41. The molecule has 1 aliphatic heterocycles. The number of nitrogens with zero attached hydrogens (tertiary/aromatic N) is 4. The number of hydrogen-bond acceptors (Lipinski definition) is 3. The Hall–Kier alpha value is -1.31. The molecular weight excluding hydrogens is 308 g/mol. The van der Waals surface area contributed by atoms with Crippen LogP contribution in [0.4, 0.5) is 8.78 Å². The highest BCUT2D eigenvalue weighted by atomic mass is 32.2. The van der Waals surface area contributed by atoms with Crippen LogP contribution < -0.4 is 5.32 Å². The second-order valence-electron chi connectivity index (χ2n) is 5.73. The summed E-state index contributed by atoms with van der Waals surface area (Å²) in [5.41, 5.74) is 0. The van der Waals surface area contributed by atoms with Gasteiger partial charge < -0.3 is 10.2 Å². The van der Waals surface area contributed by atoms with Gasteiger partial charge in [0.05, 0.1) is 0 Å². The van der Waals surface area contributed by atoms with Gasteiger partial charge in [0.15, 0.2) is 5.96 Å². The van der Waals surface area contributed by atoms with Crippen molar-refractivity contribution in [1.29, 1.82) is 0 Å². The van der Waals surface area contributed by atoms with Crippen LogP contribution in [0, 0.1) is 0 Å². The molecule has 0 saturated carbocycles. The molecule has 8 heteroatoms. The molecule has 22 heavy (non-hydrogen) atoms. The number of nitrogens with one attached hydrogen (secondary N) is 1. The summed E-state index contributed by atoms with van der Waals surface area (Å²) in [4.78, 5) is 10.7. The van der Waals surface area contributed by atoms with E-state index >= 15 is 0 Å². The van der Waals surface area contributed by atoms with Gasteiger partial charge in [-0.1, -0.05) is 0 Å². The number of halogens is 2. The number of guanidine groups is 1. The molecule has 1 fully saturated rings. The molecule has 0 aliphatic carbocycles. The fraction of sp³-hybridized carbons (Fsp3) is 0.714. The van der Waals surface area contributed by atoms with E-state index in [0.29, 0.717) is 0 Å². The zero-order valence-electron chi connectivity index (χ0n) is 13.2. The highest BCUT2D eigenvalue weighted by molar-refractivity contribution is 8.00. The van der Waals surface area contributed by atoms with Crippen LogP contribution in [0.25, 0.3) is 0 Å². The van der Waals surface area contributed by atoms with Crippen molar-refractivity contribution < 1.29 is 8.78 Å². The molecular formula is C14H23F2N5S. The normalized spacial score (nSPS) is 18.8. The third kappa shape index (κ3) is 4.34. The molecule has 0 spiro atoms. The first-order valence-electron chi connectivity index (χ1n) is 7.40. The van der Waals surface area contributed by atoms with Crippen LogP contribution >= 0.6 is 11.8 Å². The Morgan fingerprint density at radius 2 is 2.32 bits per heavy atom. The lowest BCUT2D eigenvalue weighted by Gasteiger charge is -2.39. The summed E-state index contributed by atoms with van der Waals surface area (Å²) < 4.78 is 26.7. The number of hydrogen-bond donors (Lipinski definition) is 1. The minimum Gasteiger partial charge on any atom is -0.357 e. The molecule has 2 rings (SSSR count). The van der Waals surface area contributed by atoms with Crippen molar-refractivity contribution >= 4 is 17.7 Å². The van der Waals surface area contributed by atoms with Crippen molar-refractivity contribution in [3.63, 3.8) is 0 Å². The van der Waals surface area contributed by atoms with E-state index in [1.807, 2.05) is 18.7 Å². The molecule has 1 saturated heterocycles. The molecule has 5 nitrogen and oxygen atoms in total. The van der Waals surface area contributed by atoms with Crippen molar-refractivity contribution in [3.8, 4) is 0 Å². The van der Waals surface area contributed by atoms with Crippen LogP contribution in [-0.2, 0) is 6.54 Å². The van der Waals surface area contributed by atoms with Crippen molar-refractivity contribution in [2.24, 2.45) is 4.99 Å². The number of rotatable bonds is 4. The van der Waals surface area contributed by atoms with E-state index in [1.54, 1.807) is 0 Å². The third-order valence-corrected chi connectivity index (χ3v) is 4.69. The summed E-state index contributed by atoms with van der Waals surface area (Å²) in [6.45, 7) is 6.50. The number of thioether (sulfide) groups is 1.